The number of benzene rings is 1. The van der Waals surface area contributed by atoms with E-state index >= 15 is 0 Å². The summed E-state index contributed by atoms with van der Waals surface area (Å²) in [4.78, 5) is 28.6. The summed E-state index contributed by atoms with van der Waals surface area (Å²) in [6.07, 6.45) is 5.35. The summed E-state index contributed by atoms with van der Waals surface area (Å²) in [5, 5.41) is 9.17. The van der Waals surface area contributed by atoms with Crippen molar-refractivity contribution in [1.82, 2.24) is 9.38 Å². The van der Waals surface area contributed by atoms with Gasteiger partial charge in [-0.15, -0.1) is 0 Å². The predicted molar refractivity (Wildman–Crippen MR) is 111 cm³/mol. The summed E-state index contributed by atoms with van der Waals surface area (Å²) in [5.74, 6) is 0.148. The highest BCUT2D eigenvalue weighted by molar-refractivity contribution is 5.87. The van der Waals surface area contributed by atoms with Gasteiger partial charge in [-0.25, -0.2) is 9.78 Å². The average molecular weight is 394 g/mol. The van der Waals surface area contributed by atoms with Crippen molar-refractivity contribution in [3.05, 3.63) is 69.3 Å². The molecule has 150 valence electrons. The summed E-state index contributed by atoms with van der Waals surface area (Å²) in [5.41, 5.74) is 1.96. The van der Waals surface area contributed by atoms with Gasteiger partial charge in [-0.05, 0) is 43.7 Å². The Morgan fingerprint density at radius 3 is 2.66 bits per heavy atom. The second-order valence-electron chi connectivity index (χ2n) is 6.23. The summed E-state index contributed by atoms with van der Waals surface area (Å²) < 4.78 is 12.4. The van der Waals surface area contributed by atoms with Gasteiger partial charge in [-0.1, -0.05) is 19.1 Å². The number of fused-ring (bicyclic) bond motifs is 1. The Kier molecular flexibility index (Phi) is 5.97. The predicted octanol–water partition coefficient (Wildman–Crippen LogP) is 3.53. The van der Waals surface area contributed by atoms with Crippen LogP contribution in [0.5, 0.6) is 11.5 Å². The zero-order chi connectivity index (χ0) is 21.0. The number of rotatable bonds is 7. The second-order valence-corrected chi connectivity index (χ2v) is 6.23. The Labute approximate surface area is 167 Å². The number of nitrogens with zero attached hydrogens (tertiary/aromatic N) is 2. The number of methoxy groups -OCH3 is 1. The zero-order valence-corrected chi connectivity index (χ0v) is 16.5. The number of hydrogen-bond acceptors (Lipinski definition) is 5. The molecule has 0 atom stereocenters. The molecule has 3 rings (SSSR count). The Morgan fingerprint density at radius 1 is 1.21 bits per heavy atom. The smallest absolute Gasteiger partial charge is 0.337 e. The lowest BCUT2D eigenvalue weighted by atomic mass is 10.1. The zero-order valence-electron chi connectivity index (χ0n) is 16.5. The third-order valence-electron chi connectivity index (χ3n) is 4.48. The normalized spacial score (nSPS) is 11.1. The van der Waals surface area contributed by atoms with Gasteiger partial charge < -0.3 is 14.6 Å². The highest BCUT2D eigenvalue weighted by Gasteiger charge is 2.13. The van der Waals surface area contributed by atoms with Crippen molar-refractivity contribution < 1.29 is 19.4 Å². The maximum absolute atomic E-state index is 12.9. The third kappa shape index (κ3) is 3.99. The average Bonchev–Trinajstić information content (AvgIpc) is 2.72. The lowest BCUT2D eigenvalue weighted by molar-refractivity contribution is 0.0696. The molecule has 3 aromatic rings. The van der Waals surface area contributed by atoms with Gasteiger partial charge in [-0.2, -0.15) is 0 Å². The quantitative estimate of drug-likeness (QED) is 0.659. The Balaban J connectivity index is 2.11. The van der Waals surface area contributed by atoms with Crippen LogP contribution >= 0.6 is 0 Å². The molecule has 7 heteroatoms. The standard InChI is InChI=1S/C22H22N2O5/c1-4-16-17(11-9-14-7-6-8-18(29-5-2)20(14)28-3)23-19-12-10-15(22(26)27)13-24(19)21(16)25/h6-13H,4-5H2,1-3H3,(H,26,27). The molecule has 0 spiro atoms. The van der Waals surface area contributed by atoms with E-state index in [1.807, 2.05) is 38.1 Å². The molecule has 0 saturated carbocycles. The maximum atomic E-state index is 12.9. The molecule has 1 N–H and O–H groups in total. The molecular formula is C22H22N2O5. The van der Waals surface area contributed by atoms with Gasteiger partial charge in [0.05, 0.1) is 25.0 Å². The van der Waals surface area contributed by atoms with E-state index < -0.39 is 5.97 Å². The molecule has 0 aliphatic rings. The van der Waals surface area contributed by atoms with Crippen LogP contribution in [0.4, 0.5) is 0 Å². The number of hydrogen-bond donors (Lipinski definition) is 1. The van der Waals surface area contributed by atoms with Crippen LogP contribution in [0.15, 0.2) is 41.3 Å². The van der Waals surface area contributed by atoms with Crippen LogP contribution in [0.25, 0.3) is 17.8 Å². The Hall–Kier alpha value is -3.61. The number of para-hydroxylation sites is 1. The van der Waals surface area contributed by atoms with E-state index in [1.165, 1.54) is 22.7 Å². The molecule has 0 aliphatic carbocycles. The first kappa shape index (κ1) is 20.1. The van der Waals surface area contributed by atoms with E-state index in [2.05, 4.69) is 4.98 Å². The lowest BCUT2D eigenvalue weighted by Crippen LogP contribution is -2.22. The summed E-state index contributed by atoms with van der Waals surface area (Å²) in [6, 6.07) is 8.54. The topological polar surface area (TPSA) is 90.1 Å². The van der Waals surface area contributed by atoms with E-state index in [-0.39, 0.29) is 11.1 Å². The minimum absolute atomic E-state index is 0.0317. The summed E-state index contributed by atoms with van der Waals surface area (Å²) >= 11 is 0. The molecule has 2 heterocycles. The lowest BCUT2D eigenvalue weighted by Gasteiger charge is -2.12. The first-order valence-corrected chi connectivity index (χ1v) is 9.26. The van der Waals surface area contributed by atoms with Gasteiger partial charge in [-0.3, -0.25) is 9.20 Å². The summed E-state index contributed by atoms with van der Waals surface area (Å²) in [6.45, 7) is 4.28. The molecule has 29 heavy (non-hydrogen) atoms. The van der Waals surface area contributed by atoms with E-state index in [1.54, 1.807) is 13.2 Å². The molecular weight excluding hydrogens is 372 g/mol. The molecule has 0 amide bonds. The van der Waals surface area contributed by atoms with Crippen LogP contribution < -0.4 is 15.0 Å². The van der Waals surface area contributed by atoms with Crippen LogP contribution in [0, 0.1) is 0 Å². The molecule has 0 unspecified atom stereocenters. The summed E-state index contributed by atoms with van der Waals surface area (Å²) in [7, 11) is 1.58. The van der Waals surface area contributed by atoms with E-state index in [0.717, 1.165) is 5.56 Å². The SMILES string of the molecule is CCOc1cccc(C=Cc2nc3ccc(C(=O)O)cn3c(=O)c2CC)c1OC. The van der Waals surface area contributed by atoms with Gasteiger partial charge in [0, 0.05) is 17.3 Å². The Morgan fingerprint density at radius 2 is 2.00 bits per heavy atom. The van der Waals surface area contributed by atoms with Gasteiger partial charge in [0.2, 0.25) is 0 Å². The maximum Gasteiger partial charge on any atom is 0.337 e. The molecule has 2 aromatic heterocycles. The minimum Gasteiger partial charge on any atom is -0.492 e. The van der Waals surface area contributed by atoms with Crippen LogP contribution in [0.1, 0.15) is 41.0 Å². The van der Waals surface area contributed by atoms with Gasteiger partial charge in [0.25, 0.3) is 5.56 Å². The monoisotopic (exact) mass is 394 g/mol. The number of pyridine rings is 1. The van der Waals surface area contributed by atoms with Crippen molar-refractivity contribution >= 4 is 23.8 Å². The van der Waals surface area contributed by atoms with Crippen molar-refractivity contribution in [2.24, 2.45) is 0 Å². The van der Waals surface area contributed by atoms with E-state index in [9.17, 15) is 9.59 Å². The van der Waals surface area contributed by atoms with Gasteiger partial charge >= 0.3 is 5.97 Å². The van der Waals surface area contributed by atoms with Crippen molar-refractivity contribution in [1.29, 1.82) is 0 Å². The van der Waals surface area contributed by atoms with E-state index in [4.69, 9.17) is 14.6 Å². The minimum atomic E-state index is -1.10. The van der Waals surface area contributed by atoms with Crippen LogP contribution in [-0.4, -0.2) is 34.2 Å². The van der Waals surface area contributed by atoms with Crippen molar-refractivity contribution in [2.45, 2.75) is 20.3 Å². The molecule has 0 saturated heterocycles. The molecule has 1 aromatic carbocycles. The number of carbonyl (C=O) groups is 1. The van der Waals surface area contributed by atoms with Crippen LogP contribution in [0.2, 0.25) is 0 Å². The fourth-order valence-electron chi connectivity index (χ4n) is 3.11. The van der Waals surface area contributed by atoms with Crippen molar-refractivity contribution in [3.8, 4) is 11.5 Å². The number of carboxylic acid groups (broad SMARTS) is 1. The van der Waals surface area contributed by atoms with Gasteiger partial charge in [0.15, 0.2) is 11.5 Å². The number of carboxylic acids is 1. The Bertz CT molecular complexity index is 1150. The molecule has 7 nitrogen and oxygen atoms in total. The third-order valence-corrected chi connectivity index (χ3v) is 4.48. The first-order chi connectivity index (χ1) is 14.0. The fraction of sp³-hybridized carbons (Fsp3) is 0.227. The highest BCUT2D eigenvalue weighted by Crippen LogP contribution is 2.32. The highest BCUT2D eigenvalue weighted by atomic mass is 16.5. The molecule has 0 aliphatic heterocycles. The number of ether oxygens (including phenoxy) is 2. The van der Waals surface area contributed by atoms with Crippen LogP contribution in [0.3, 0.4) is 0 Å². The van der Waals surface area contributed by atoms with Gasteiger partial charge in [0.1, 0.15) is 5.65 Å². The molecule has 0 bridgehead atoms. The first-order valence-electron chi connectivity index (χ1n) is 9.26. The molecule has 0 radical (unpaired) electrons. The van der Waals surface area contributed by atoms with E-state index in [0.29, 0.717) is 41.4 Å². The van der Waals surface area contributed by atoms with Crippen molar-refractivity contribution in [3.63, 3.8) is 0 Å². The number of aromatic carboxylic acids is 1. The molecule has 0 fully saturated rings. The second kappa shape index (κ2) is 8.60. The van der Waals surface area contributed by atoms with Crippen molar-refractivity contribution in [2.75, 3.05) is 13.7 Å². The number of aromatic nitrogens is 2. The fourth-order valence-corrected chi connectivity index (χ4v) is 3.11. The van der Waals surface area contributed by atoms with Crippen LogP contribution in [-0.2, 0) is 6.42 Å². The largest absolute Gasteiger partial charge is 0.492 e.